The van der Waals surface area contributed by atoms with E-state index >= 15 is 0 Å². The SMILES string of the molecule is O=C1NC=C([N+](=O)[O-])C(=O)C1[N+](=O)[O-]. The molecule has 14 heavy (non-hydrogen) atoms. The zero-order valence-electron chi connectivity index (χ0n) is 6.50. The van der Waals surface area contributed by atoms with Gasteiger partial charge in [0.2, 0.25) is 0 Å². The van der Waals surface area contributed by atoms with E-state index in [-0.39, 0.29) is 0 Å². The first-order valence-corrected chi connectivity index (χ1v) is 3.28. The van der Waals surface area contributed by atoms with Gasteiger partial charge in [-0.2, -0.15) is 0 Å². The molecule has 0 aromatic carbocycles. The number of hydrogen-bond acceptors (Lipinski definition) is 6. The Bertz CT molecular complexity index is 372. The predicted octanol–water partition coefficient (Wildman–Crippen LogP) is -1.55. The first-order valence-electron chi connectivity index (χ1n) is 3.28. The molecule has 0 saturated heterocycles. The normalized spacial score (nSPS) is 21.1. The van der Waals surface area contributed by atoms with Crippen LogP contribution in [0.2, 0.25) is 0 Å². The Morgan fingerprint density at radius 2 is 1.86 bits per heavy atom. The third kappa shape index (κ3) is 1.42. The third-order valence-corrected chi connectivity index (χ3v) is 1.51. The molecule has 1 N–H and O–H groups in total. The largest absolute Gasteiger partial charge is 0.358 e. The van der Waals surface area contributed by atoms with Crippen LogP contribution in [0.1, 0.15) is 0 Å². The lowest BCUT2D eigenvalue weighted by molar-refractivity contribution is -0.497. The molecule has 0 aliphatic carbocycles. The summed E-state index contributed by atoms with van der Waals surface area (Å²) in [6, 6.07) is -2.22. The maximum absolute atomic E-state index is 11.0. The molecule has 1 atom stereocenters. The van der Waals surface area contributed by atoms with E-state index in [9.17, 15) is 29.8 Å². The van der Waals surface area contributed by atoms with Crippen molar-refractivity contribution in [1.29, 1.82) is 0 Å². The molecule has 0 aromatic heterocycles. The number of ketones is 1. The number of amides is 1. The molecule has 1 unspecified atom stereocenters. The van der Waals surface area contributed by atoms with Gasteiger partial charge in [-0.1, -0.05) is 0 Å². The van der Waals surface area contributed by atoms with Gasteiger partial charge in [-0.15, -0.1) is 0 Å². The molecule has 9 heteroatoms. The van der Waals surface area contributed by atoms with Gasteiger partial charge in [-0.25, -0.2) is 0 Å². The molecule has 1 rings (SSSR count). The van der Waals surface area contributed by atoms with E-state index in [1.54, 1.807) is 5.32 Å². The summed E-state index contributed by atoms with van der Waals surface area (Å²) in [6.07, 6.45) is 0.546. The van der Waals surface area contributed by atoms with Crippen LogP contribution in [0.4, 0.5) is 0 Å². The van der Waals surface area contributed by atoms with Gasteiger partial charge >= 0.3 is 23.4 Å². The first-order chi connectivity index (χ1) is 6.45. The quantitative estimate of drug-likeness (QED) is 0.326. The average Bonchev–Trinajstić information content (AvgIpc) is 2.02. The van der Waals surface area contributed by atoms with Gasteiger partial charge < -0.3 is 5.32 Å². The zero-order valence-corrected chi connectivity index (χ0v) is 6.50. The first kappa shape index (κ1) is 9.77. The van der Waals surface area contributed by atoms with E-state index in [2.05, 4.69) is 0 Å². The topological polar surface area (TPSA) is 132 Å². The highest BCUT2D eigenvalue weighted by Crippen LogP contribution is 2.08. The van der Waals surface area contributed by atoms with E-state index in [0.29, 0.717) is 6.20 Å². The second-order valence-corrected chi connectivity index (χ2v) is 2.35. The van der Waals surface area contributed by atoms with Crippen molar-refractivity contribution < 1.29 is 19.4 Å². The minimum Gasteiger partial charge on any atom is -0.320 e. The summed E-state index contributed by atoms with van der Waals surface area (Å²) in [5.41, 5.74) is -0.994. The van der Waals surface area contributed by atoms with Gasteiger partial charge in [0, 0.05) is 4.92 Å². The fourth-order valence-electron chi connectivity index (χ4n) is 0.883. The fourth-order valence-corrected chi connectivity index (χ4v) is 0.883. The van der Waals surface area contributed by atoms with Crippen LogP contribution in [0.3, 0.4) is 0 Å². The number of carbonyl (C=O) groups is 2. The van der Waals surface area contributed by atoms with Gasteiger partial charge in [-0.05, 0) is 0 Å². The highest BCUT2D eigenvalue weighted by molar-refractivity contribution is 6.13. The highest BCUT2D eigenvalue weighted by Gasteiger charge is 2.47. The van der Waals surface area contributed by atoms with Crippen LogP contribution in [0.5, 0.6) is 0 Å². The molecule has 0 radical (unpaired) electrons. The van der Waals surface area contributed by atoms with Gasteiger partial charge in [0.1, 0.15) is 0 Å². The van der Waals surface area contributed by atoms with Gasteiger partial charge in [0.25, 0.3) is 0 Å². The van der Waals surface area contributed by atoms with Crippen molar-refractivity contribution in [3.63, 3.8) is 0 Å². The standard InChI is InChI=1S/C5H3N3O6/c9-4-2(7(11)12)1-6-5(10)3(4)8(13)14/h1,3H,(H,6,10). The Hall–Kier alpha value is -2.32. The summed E-state index contributed by atoms with van der Waals surface area (Å²) in [7, 11) is 0. The summed E-state index contributed by atoms with van der Waals surface area (Å²) >= 11 is 0. The van der Waals surface area contributed by atoms with Crippen molar-refractivity contribution in [3.05, 3.63) is 32.1 Å². The average molecular weight is 201 g/mol. The minimum atomic E-state index is -2.22. The van der Waals surface area contributed by atoms with Crippen molar-refractivity contribution in [2.75, 3.05) is 0 Å². The number of nitrogens with one attached hydrogen (secondary N) is 1. The second kappa shape index (κ2) is 3.20. The van der Waals surface area contributed by atoms with Crippen LogP contribution in [0.15, 0.2) is 11.9 Å². The molecular formula is C5H3N3O6. The summed E-state index contributed by atoms with van der Waals surface area (Å²) in [5, 5.41) is 22.2. The molecule has 0 fully saturated rings. The molecular weight excluding hydrogens is 198 g/mol. The third-order valence-electron chi connectivity index (χ3n) is 1.51. The molecule has 1 heterocycles. The fraction of sp³-hybridized carbons (Fsp3) is 0.200. The van der Waals surface area contributed by atoms with Crippen molar-refractivity contribution in [2.45, 2.75) is 6.04 Å². The number of rotatable bonds is 2. The maximum Gasteiger partial charge on any atom is 0.358 e. The van der Waals surface area contributed by atoms with E-state index < -0.39 is 33.3 Å². The van der Waals surface area contributed by atoms with Crippen LogP contribution < -0.4 is 5.32 Å². The van der Waals surface area contributed by atoms with Crippen LogP contribution >= 0.6 is 0 Å². The van der Waals surface area contributed by atoms with Crippen LogP contribution in [-0.2, 0) is 9.59 Å². The molecule has 0 bridgehead atoms. The van der Waals surface area contributed by atoms with Crippen LogP contribution in [0.25, 0.3) is 0 Å². The van der Waals surface area contributed by atoms with Crippen molar-refractivity contribution >= 4 is 11.7 Å². The Balaban J connectivity index is 3.10. The van der Waals surface area contributed by atoms with Crippen molar-refractivity contribution in [1.82, 2.24) is 5.32 Å². The van der Waals surface area contributed by atoms with Gasteiger partial charge in [0.05, 0.1) is 11.1 Å². The molecule has 0 saturated carbocycles. The number of carbonyl (C=O) groups excluding carboxylic acids is 2. The van der Waals surface area contributed by atoms with Gasteiger partial charge in [-0.3, -0.25) is 29.8 Å². The van der Waals surface area contributed by atoms with E-state index in [4.69, 9.17) is 0 Å². The monoisotopic (exact) mass is 201 g/mol. The molecule has 74 valence electrons. The molecule has 1 aliphatic rings. The van der Waals surface area contributed by atoms with Gasteiger partial charge in [0.15, 0.2) is 0 Å². The van der Waals surface area contributed by atoms with Crippen molar-refractivity contribution in [3.8, 4) is 0 Å². The lowest BCUT2D eigenvalue weighted by atomic mass is 10.1. The van der Waals surface area contributed by atoms with E-state index in [1.807, 2.05) is 0 Å². The number of hydrogen-bond donors (Lipinski definition) is 1. The van der Waals surface area contributed by atoms with Crippen LogP contribution in [-0.4, -0.2) is 27.6 Å². The number of Topliss-reactive ketones (excluding diaryl/α,β-unsaturated/α-hetero) is 1. The van der Waals surface area contributed by atoms with Crippen molar-refractivity contribution in [2.24, 2.45) is 0 Å². The minimum absolute atomic E-state index is 0.546. The Morgan fingerprint density at radius 1 is 1.29 bits per heavy atom. The molecule has 1 amide bonds. The molecule has 0 spiro atoms. The number of nitro groups is 2. The van der Waals surface area contributed by atoms with E-state index in [0.717, 1.165) is 0 Å². The molecule has 1 aliphatic heterocycles. The summed E-state index contributed by atoms with van der Waals surface area (Å²) < 4.78 is 0. The Morgan fingerprint density at radius 3 is 2.29 bits per heavy atom. The Labute approximate surface area is 75.7 Å². The summed E-state index contributed by atoms with van der Waals surface area (Å²) in [5.74, 6) is -2.59. The van der Waals surface area contributed by atoms with Crippen LogP contribution in [0, 0.1) is 20.2 Å². The smallest absolute Gasteiger partial charge is 0.320 e. The lowest BCUT2D eigenvalue weighted by Crippen LogP contribution is -2.48. The number of nitrogens with zero attached hydrogens (tertiary/aromatic N) is 2. The molecule has 0 aromatic rings. The summed E-state index contributed by atoms with van der Waals surface area (Å²) in [4.78, 5) is 39.9. The van der Waals surface area contributed by atoms with E-state index in [1.165, 1.54) is 0 Å². The second-order valence-electron chi connectivity index (χ2n) is 2.35. The lowest BCUT2D eigenvalue weighted by Gasteiger charge is -2.09. The highest BCUT2D eigenvalue weighted by atomic mass is 16.6. The Kier molecular flexibility index (Phi) is 2.23. The summed E-state index contributed by atoms with van der Waals surface area (Å²) in [6.45, 7) is 0. The predicted molar refractivity (Wildman–Crippen MR) is 39.0 cm³/mol. The molecule has 9 nitrogen and oxygen atoms in total. The zero-order chi connectivity index (χ0) is 10.9. The maximum atomic E-state index is 11.0.